The second-order valence-electron chi connectivity index (χ2n) is 14.5. The Morgan fingerprint density at radius 2 is 0.873 bits per heavy atom. The van der Waals surface area contributed by atoms with Gasteiger partial charge in [0.2, 0.25) is 0 Å². The maximum absolute atomic E-state index is 6.99. The molecule has 11 rings (SSSR count). The largest absolute Gasteiger partial charge is 0.457 e. The lowest BCUT2D eigenvalue weighted by Gasteiger charge is -2.40. The molecule has 0 radical (unpaired) electrons. The monoisotopic (exact) mass is 701 g/mol. The second-order valence-corrected chi connectivity index (χ2v) is 14.5. The summed E-state index contributed by atoms with van der Waals surface area (Å²) in [6.45, 7) is 0. The van der Waals surface area contributed by atoms with Crippen molar-refractivity contribution in [1.82, 2.24) is 0 Å². The first-order chi connectivity index (χ1) is 27.3. The van der Waals surface area contributed by atoms with E-state index in [1.54, 1.807) is 0 Å². The van der Waals surface area contributed by atoms with Gasteiger partial charge in [0.1, 0.15) is 11.5 Å². The number of fused-ring (bicyclic) bond motifs is 10. The molecule has 1 aliphatic heterocycles. The number of anilines is 3. The first-order valence-corrected chi connectivity index (χ1v) is 18.9. The lowest BCUT2D eigenvalue weighted by atomic mass is 9.65. The van der Waals surface area contributed by atoms with E-state index in [2.05, 4.69) is 217 Å². The van der Waals surface area contributed by atoms with E-state index < -0.39 is 5.41 Å². The van der Waals surface area contributed by atoms with Gasteiger partial charge in [-0.3, -0.25) is 0 Å². The average Bonchev–Trinajstić information content (AvgIpc) is 3.54. The fraction of sp³-hybridized carbons (Fsp3) is 0.0189. The highest BCUT2D eigenvalue weighted by Gasteiger charge is 2.51. The smallest absolute Gasteiger partial charge is 0.132 e. The van der Waals surface area contributed by atoms with Gasteiger partial charge in [-0.1, -0.05) is 158 Å². The minimum absolute atomic E-state index is 0.642. The SMILES string of the molecule is c1ccc(-c2cc3c(cc2-c2ccccc2)C2(c4ccccc4O3)c3ccccc3-c3ccc(N(c4ccccc4)c4ccc5ccccc5c4)cc32)cc1. The summed E-state index contributed by atoms with van der Waals surface area (Å²) in [5.41, 5.74) is 14.6. The van der Waals surface area contributed by atoms with Gasteiger partial charge in [0.25, 0.3) is 0 Å². The molecular formula is C53H35NO. The third-order valence-electron chi connectivity index (χ3n) is 11.5. The van der Waals surface area contributed by atoms with E-state index >= 15 is 0 Å². The van der Waals surface area contributed by atoms with Crippen molar-refractivity contribution in [2.24, 2.45) is 0 Å². The van der Waals surface area contributed by atoms with Gasteiger partial charge < -0.3 is 9.64 Å². The van der Waals surface area contributed by atoms with E-state index in [0.717, 1.165) is 50.8 Å². The highest BCUT2D eigenvalue weighted by atomic mass is 16.5. The zero-order valence-electron chi connectivity index (χ0n) is 30.1. The van der Waals surface area contributed by atoms with Crippen LogP contribution in [0.25, 0.3) is 44.2 Å². The number of ether oxygens (including phenoxy) is 1. The first-order valence-electron chi connectivity index (χ1n) is 18.9. The van der Waals surface area contributed by atoms with Crippen LogP contribution in [0.3, 0.4) is 0 Å². The topological polar surface area (TPSA) is 12.5 Å². The van der Waals surface area contributed by atoms with E-state index in [0.29, 0.717) is 0 Å². The predicted molar refractivity (Wildman–Crippen MR) is 227 cm³/mol. The molecule has 0 saturated carbocycles. The van der Waals surface area contributed by atoms with Crippen molar-refractivity contribution in [3.63, 3.8) is 0 Å². The van der Waals surface area contributed by atoms with Crippen molar-refractivity contribution in [3.05, 3.63) is 235 Å². The Bertz CT molecular complexity index is 2900. The van der Waals surface area contributed by atoms with Gasteiger partial charge in [0, 0.05) is 28.2 Å². The quantitative estimate of drug-likeness (QED) is 0.177. The van der Waals surface area contributed by atoms with Crippen molar-refractivity contribution in [3.8, 4) is 44.9 Å². The average molecular weight is 702 g/mol. The van der Waals surface area contributed by atoms with Crippen LogP contribution in [0.4, 0.5) is 17.1 Å². The number of benzene rings is 9. The van der Waals surface area contributed by atoms with E-state index in [-0.39, 0.29) is 0 Å². The Morgan fingerprint density at radius 3 is 1.64 bits per heavy atom. The Labute approximate surface area is 321 Å². The van der Waals surface area contributed by atoms with Crippen LogP contribution < -0.4 is 9.64 Å². The Morgan fingerprint density at radius 1 is 0.309 bits per heavy atom. The Balaban J connectivity index is 1.22. The van der Waals surface area contributed by atoms with Crippen LogP contribution in [-0.2, 0) is 5.41 Å². The molecule has 2 nitrogen and oxygen atoms in total. The lowest BCUT2D eigenvalue weighted by Crippen LogP contribution is -2.32. The van der Waals surface area contributed by atoms with Crippen LogP contribution >= 0.6 is 0 Å². The van der Waals surface area contributed by atoms with Crippen LogP contribution in [-0.4, -0.2) is 0 Å². The molecular weight excluding hydrogens is 667 g/mol. The standard InChI is InChI=1S/C53H35NO/c1-4-17-37(18-5-1)45-34-50-52(35-46(45)38-19-6-2-7-20-38)55-51-27-15-14-26-48(51)53(50)47-25-13-12-24-43(47)44-31-30-42(33-49(44)53)54(40-22-8-3-9-23-40)41-29-28-36-16-10-11-21-39(36)32-41/h1-35H. The van der Waals surface area contributed by atoms with Crippen LogP contribution in [0.15, 0.2) is 212 Å². The summed E-state index contributed by atoms with van der Waals surface area (Å²) in [4.78, 5) is 2.39. The fourth-order valence-electron chi connectivity index (χ4n) is 9.13. The molecule has 1 aliphatic carbocycles. The molecule has 1 atom stereocenters. The number of nitrogens with zero attached hydrogens (tertiary/aromatic N) is 1. The zero-order chi connectivity index (χ0) is 36.3. The number of hydrogen-bond acceptors (Lipinski definition) is 2. The van der Waals surface area contributed by atoms with E-state index in [4.69, 9.17) is 4.74 Å². The van der Waals surface area contributed by atoms with Gasteiger partial charge >= 0.3 is 0 Å². The summed E-state index contributed by atoms with van der Waals surface area (Å²) in [5, 5.41) is 2.43. The highest BCUT2D eigenvalue weighted by molar-refractivity contribution is 5.95. The third kappa shape index (κ3) is 4.82. The summed E-state index contributed by atoms with van der Waals surface area (Å²) < 4.78 is 6.99. The van der Waals surface area contributed by atoms with Crippen LogP contribution in [0.5, 0.6) is 11.5 Å². The molecule has 0 aromatic heterocycles. The van der Waals surface area contributed by atoms with Gasteiger partial charge in [-0.25, -0.2) is 0 Å². The number of hydrogen-bond donors (Lipinski definition) is 0. The highest BCUT2D eigenvalue weighted by Crippen LogP contribution is 2.63. The molecule has 55 heavy (non-hydrogen) atoms. The molecule has 1 spiro atoms. The first kappa shape index (κ1) is 31.4. The molecule has 1 unspecified atom stereocenters. The molecule has 258 valence electrons. The van der Waals surface area contributed by atoms with Gasteiger partial charge in [0.15, 0.2) is 0 Å². The molecule has 0 amide bonds. The molecule has 9 aromatic carbocycles. The van der Waals surface area contributed by atoms with Crippen molar-refractivity contribution in [2.75, 3.05) is 4.90 Å². The summed E-state index contributed by atoms with van der Waals surface area (Å²) in [7, 11) is 0. The molecule has 9 aromatic rings. The van der Waals surface area contributed by atoms with E-state index in [9.17, 15) is 0 Å². The molecule has 2 heteroatoms. The molecule has 0 N–H and O–H groups in total. The maximum Gasteiger partial charge on any atom is 0.132 e. The predicted octanol–water partition coefficient (Wildman–Crippen LogP) is 14.1. The van der Waals surface area contributed by atoms with Crippen molar-refractivity contribution in [2.45, 2.75) is 5.41 Å². The normalized spacial score (nSPS) is 14.8. The molecule has 0 saturated heterocycles. The summed E-state index contributed by atoms with van der Waals surface area (Å²) in [5.74, 6) is 1.75. The van der Waals surface area contributed by atoms with Gasteiger partial charge in [0.05, 0.1) is 5.41 Å². The van der Waals surface area contributed by atoms with Crippen molar-refractivity contribution in [1.29, 1.82) is 0 Å². The van der Waals surface area contributed by atoms with Gasteiger partial charge in [-0.05, 0) is 110 Å². The fourth-order valence-corrected chi connectivity index (χ4v) is 9.13. The van der Waals surface area contributed by atoms with Crippen LogP contribution in [0, 0.1) is 0 Å². The summed E-state index contributed by atoms with van der Waals surface area (Å²) >= 11 is 0. The van der Waals surface area contributed by atoms with E-state index in [1.165, 1.54) is 44.2 Å². The summed E-state index contributed by atoms with van der Waals surface area (Å²) in [6.07, 6.45) is 0. The lowest BCUT2D eigenvalue weighted by molar-refractivity contribution is 0.436. The van der Waals surface area contributed by atoms with Crippen LogP contribution in [0.2, 0.25) is 0 Å². The zero-order valence-corrected chi connectivity index (χ0v) is 30.1. The van der Waals surface area contributed by atoms with Gasteiger partial charge in [-0.2, -0.15) is 0 Å². The summed E-state index contributed by atoms with van der Waals surface area (Å²) in [6, 6.07) is 76.9. The van der Waals surface area contributed by atoms with E-state index in [1.807, 2.05) is 0 Å². The van der Waals surface area contributed by atoms with Gasteiger partial charge in [-0.15, -0.1) is 0 Å². The minimum atomic E-state index is -0.642. The van der Waals surface area contributed by atoms with Crippen molar-refractivity contribution >= 4 is 27.8 Å². The molecule has 0 bridgehead atoms. The molecule has 0 fully saturated rings. The minimum Gasteiger partial charge on any atom is -0.457 e. The Kier molecular flexibility index (Phi) is 7.11. The number of rotatable bonds is 5. The third-order valence-corrected chi connectivity index (χ3v) is 11.5. The molecule has 2 aliphatic rings. The second kappa shape index (κ2) is 12.5. The maximum atomic E-state index is 6.99. The van der Waals surface area contributed by atoms with Crippen molar-refractivity contribution < 1.29 is 4.74 Å². The molecule has 1 heterocycles. The van der Waals surface area contributed by atoms with Crippen LogP contribution in [0.1, 0.15) is 22.3 Å². The Hall–Kier alpha value is -7.16. The number of para-hydroxylation sites is 2.